The molecule has 0 aliphatic carbocycles. The van der Waals surface area contributed by atoms with E-state index in [0.717, 1.165) is 24.1 Å². The molecule has 1 aromatic heterocycles. The lowest BCUT2D eigenvalue weighted by molar-refractivity contribution is -0.152. The van der Waals surface area contributed by atoms with Gasteiger partial charge in [0.2, 0.25) is 5.91 Å². The van der Waals surface area contributed by atoms with Crippen molar-refractivity contribution in [3.63, 3.8) is 0 Å². The second kappa shape index (κ2) is 6.28. The maximum atomic E-state index is 12.2. The van der Waals surface area contributed by atoms with Crippen LogP contribution in [0.3, 0.4) is 0 Å². The Balaban J connectivity index is 2.48. The lowest BCUT2D eigenvalue weighted by Crippen LogP contribution is -2.45. The van der Waals surface area contributed by atoms with Crippen LogP contribution in [-0.2, 0) is 23.1 Å². The molecule has 2 rings (SSSR count). The van der Waals surface area contributed by atoms with E-state index in [1.54, 1.807) is 9.58 Å². The second-order valence-electron chi connectivity index (χ2n) is 5.57. The number of nitrogens with zero attached hydrogens (tertiary/aromatic N) is 3. The molecular formula is C15H23N3O3. The molecular weight excluding hydrogens is 270 g/mol. The number of carboxylic acids is 1. The third-order valence-corrected chi connectivity index (χ3v) is 4.08. The number of hydrogen-bond donors (Lipinski definition) is 1. The summed E-state index contributed by atoms with van der Waals surface area (Å²) in [4.78, 5) is 25.6. The van der Waals surface area contributed by atoms with Gasteiger partial charge in [0.25, 0.3) is 0 Å². The molecule has 1 aliphatic rings. The first-order chi connectivity index (χ1) is 9.99. The molecule has 0 aromatic carbocycles. The van der Waals surface area contributed by atoms with Gasteiger partial charge >= 0.3 is 5.97 Å². The first kappa shape index (κ1) is 15.5. The van der Waals surface area contributed by atoms with Gasteiger partial charge in [-0.15, -0.1) is 0 Å². The van der Waals surface area contributed by atoms with Crippen LogP contribution >= 0.6 is 0 Å². The van der Waals surface area contributed by atoms with Crippen LogP contribution in [0.15, 0.2) is 6.20 Å². The van der Waals surface area contributed by atoms with Crippen molar-refractivity contribution in [2.24, 2.45) is 13.0 Å². The Labute approximate surface area is 124 Å². The molecule has 1 amide bonds. The van der Waals surface area contributed by atoms with Gasteiger partial charge in [-0.3, -0.25) is 14.3 Å². The summed E-state index contributed by atoms with van der Waals surface area (Å²) < 4.78 is 1.70. The molecule has 21 heavy (non-hydrogen) atoms. The van der Waals surface area contributed by atoms with Gasteiger partial charge in [-0.1, -0.05) is 13.8 Å². The number of aliphatic carboxylic acids is 1. The Bertz CT molecular complexity index is 538. The smallest absolute Gasteiger partial charge is 0.308 e. The van der Waals surface area contributed by atoms with E-state index in [0.29, 0.717) is 19.4 Å². The summed E-state index contributed by atoms with van der Waals surface area (Å²) in [6, 6.07) is -0.396. The van der Waals surface area contributed by atoms with Crippen molar-refractivity contribution in [1.82, 2.24) is 14.7 Å². The highest BCUT2D eigenvalue weighted by Crippen LogP contribution is 2.38. The average Bonchev–Trinajstić information content (AvgIpc) is 2.81. The zero-order chi connectivity index (χ0) is 15.6. The van der Waals surface area contributed by atoms with E-state index in [9.17, 15) is 14.7 Å². The SMILES string of the molecule is CCCN1C(=O)CCC(C(=O)O)C1c1cn(C)nc1CC. The van der Waals surface area contributed by atoms with Crippen molar-refractivity contribution in [1.29, 1.82) is 0 Å². The Morgan fingerprint density at radius 2 is 2.19 bits per heavy atom. The maximum absolute atomic E-state index is 12.2. The highest BCUT2D eigenvalue weighted by molar-refractivity contribution is 5.81. The van der Waals surface area contributed by atoms with Crippen LogP contribution in [0.5, 0.6) is 0 Å². The van der Waals surface area contributed by atoms with Crippen LogP contribution < -0.4 is 0 Å². The molecule has 6 nitrogen and oxygen atoms in total. The zero-order valence-corrected chi connectivity index (χ0v) is 12.9. The fourth-order valence-electron chi connectivity index (χ4n) is 3.18. The van der Waals surface area contributed by atoms with Crippen LogP contribution in [0, 0.1) is 5.92 Å². The van der Waals surface area contributed by atoms with Crippen molar-refractivity contribution in [2.75, 3.05) is 6.54 Å². The van der Waals surface area contributed by atoms with E-state index in [4.69, 9.17) is 0 Å². The summed E-state index contributed by atoms with van der Waals surface area (Å²) in [5.41, 5.74) is 1.76. The molecule has 2 atom stereocenters. The van der Waals surface area contributed by atoms with Gasteiger partial charge in [-0.2, -0.15) is 5.10 Å². The maximum Gasteiger partial charge on any atom is 0.308 e. The predicted octanol–water partition coefficient (Wildman–Crippen LogP) is 1.76. The van der Waals surface area contributed by atoms with E-state index in [2.05, 4.69) is 5.10 Å². The monoisotopic (exact) mass is 293 g/mol. The molecule has 2 heterocycles. The highest BCUT2D eigenvalue weighted by Gasteiger charge is 2.41. The standard InChI is InChI=1S/C15H23N3O3/c1-4-8-18-13(19)7-6-10(15(20)21)14(18)11-9-17(3)16-12(11)5-2/h9-10,14H,4-8H2,1-3H3,(H,20,21). The molecule has 2 unspecified atom stereocenters. The van der Waals surface area contributed by atoms with Crippen molar-refractivity contribution >= 4 is 11.9 Å². The van der Waals surface area contributed by atoms with Crippen LogP contribution in [0.25, 0.3) is 0 Å². The van der Waals surface area contributed by atoms with Crippen LogP contribution in [-0.4, -0.2) is 38.2 Å². The van der Waals surface area contributed by atoms with Gasteiger partial charge in [0.15, 0.2) is 0 Å². The lowest BCUT2D eigenvalue weighted by Gasteiger charge is -2.39. The Morgan fingerprint density at radius 3 is 2.76 bits per heavy atom. The van der Waals surface area contributed by atoms with E-state index < -0.39 is 17.9 Å². The average molecular weight is 293 g/mol. The van der Waals surface area contributed by atoms with Crippen LogP contribution in [0.4, 0.5) is 0 Å². The van der Waals surface area contributed by atoms with Gasteiger partial charge in [0.05, 0.1) is 17.7 Å². The first-order valence-corrected chi connectivity index (χ1v) is 7.54. The van der Waals surface area contributed by atoms with Crippen LogP contribution in [0.2, 0.25) is 0 Å². The number of piperidine rings is 1. The Hall–Kier alpha value is -1.85. The number of amides is 1. The van der Waals surface area contributed by atoms with Gasteiger partial charge in [0.1, 0.15) is 0 Å². The van der Waals surface area contributed by atoms with Gasteiger partial charge in [0, 0.05) is 31.8 Å². The Morgan fingerprint density at radius 1 is 1.48 bits per heavy atom. The zero-order valence-electron chi connectivity index (χ0n) is 12.9. The fourth-order valence-corrected chi connectivity index (χ4v) is 3.18. The molecule has 1 aliphatic heterocycles. The number of rotatable bonds is 5. The minimum absolute atomic E-state index is 0.0465. The van der Waals surface area contributed by atoms with Crippen LogP contribution in [0.1, 0.15) is 50.4 Å². The summed E-state index contributed by atoms with van der Waals surface area (Å²) in [7, 11) is 1.83. The number of aromatic nitrogens is 2. The molecule has 0 saturated carbocycles. The third-order valence-electron chi connectivity index (χ3n) is 4.08. The number of carbonyl (C=O) groups is 2. The van der Waals surface area contributed by atoms with Gasteiger partial charge in [-0.05, 0) is 19.3 Å². The Kier molecular flexibility index (Phi) is 4.65. The van der Waals surface area contributed by atoms with Crippen molar-refractivity contribution in [3.8, 4) is 0 Å². The quantitative estimate of drug-likeness (QED) is 0.897. The summed E-state index contributed by atoms with van der Waals surface area (Å²) in [5.74, 6) is -1.34. The summed E-state index contributed by atoms with van der Waals surface area (Å²) >= 11 is 0. The molecule has 1 N–H and O–H groups in total. The molecule has 1 saturated heterocycles. The second-order valence-corrected chi connectivity index (χ2v) is 5.57. The molecule has 0 radical (unpaired) electrons. The van der Waals surface area contributed by atoms with Crippen molar-refractivity contribution in [3.05, 3.63) is 17.5 Å². The summed E-state index contributed by atoms with van der Waals surface area (Å²) in [6.45, 7) is 4.58. The molecule has 0 bridgehead atoms. The van der Waals surface area contributed by atoms with Gasteiger partial charge in [-0.25, -0.2) is 0 Å². The number of hydrogen-bond acceptors (Lipinski definition) is 3. The van der Waals surface area contributed by atoms with E-state index >= 15 is 0 Å². The minimum Gasteiger partial charge on any atom is -0.481 e. The number of aryl methyl sites for hydroxylation is 2. The van der Waals surface area contributed by atoms with Gasteiger partial charge < -0.3 is 10.0 Å². The largest absolute Gasteiger partial charge is 0.481 e. The topological polar surface area (TPSA) is 75.4 Å². The highest BCUT2D eigenvalue weighted by atomic mass is 16.4. The number of likely N-dealkylation sites (tertiary alicyclic amines) is 1. The predicted molar refractivity (Wildman–Crippen MR) is 77.7 cm³/mol. The van der Waals surface area contributed by atoms with E-state index in [-0.39, 0.29) is 5.91 Å². The first-order valence-electron chi connectivity index (χ1n) is 7.54. The summed E-state index contributed by atoms with van der Waals surface area (Å²) in [6.07, 6.45) is 4.12. The molecule has 1 fully saturated rings. The van der Waals surface area contributed by atoms with Crippen molar-refractivity contribution in [2.45, 2.75) is 45.6 Å². The minimum atomic E-state index is -0.834. The molecule has 116 valence electrons. The van der Waals surface area contributed by atoms with E-state index in [1.165, 1.54) is 0 Å². The van der Waals surface area contributed by atoms with Crippen molar-refractivity contribution < 1.29 is 14.7 Å². The molecule has 0 spiro atoms. The molecule has 1 aromatic rings. The van der Waals surface area contributed by atoms with E-state index in [1.807, 2.05) is 27.1 Å². The third kappa shape index (κ3) is 2.94. The number of carboxylic acid groups (broad SMARTS) is 1. The lowest BCUT2D eigenvalue weighted by atomic mass is 9.84. The fraction of sp³-hybridized carbons (Fsp3) is 0.667. The normalized spacial score (nSPS) is 22.6. The number of carbonyl (C=O) groups excluding carboxylic acids is 1. The summed E-state index contributed by atoms with van der Waals surface area (Å²) in [5, 5.41) is 14.0. The molecule has 6 heteroatoms.